The van der Waals surface area contributed by atoms with E-state index >= 15 is 0 Å². The van der Waals surface area contributed by atoms with Gasteiger partial charge in [0.2, 0.25) is 0 Å². The van der Waals surface area contributed by atoms with Crippen LogP contribution in [0.1, 0.15) is 38.2 Å². The van der Waals surface area contributed by atoms with Gasteiger partial charge < -0.3 is 14.8 Å². The Balaban J connectivity index is 1.78. The highest BCUT2D eigenvalue weighted by Gasteiger charge is 2.21. The van der Waals surface area contributed by atoms with Crippen LogP contribution in [0, 0.1) is 5.82 Å². The minimum Gasteiger partial charge on any atom is -0.488 e. The largest absolute Gasteiger partial charge is 0.488 e. The fourth-order valence-corrected chi connectivity index (χ4v) is 1.95. The number of ether oxygens (including phenoxy) is 2. The first-order valence-electron chi connectivity index (χ1n) is 7.52. The topological polar surface area (TPSA) is 30.5 Å². The average Bonchev–Trinajstić information content (AvgIpc) is 3.26. The maximum atomic E-state index is 13.8. The molecule has 2 rings (SSSR count). The summed E-state index contributed by atoms with van der Waals surface area (Å²) in [4.78, 5) is 0. The van der Waals surface area contributed by atoms with Crippen LogP contribution in [-0.2, 0) is 11.3 Å². The lowest BCUT2D eigenvalue weighted by atomic mass is 10.2. The van der Waals surface area contributed by atoms with E-state index in [2.05, 4.69) is 12.2 Å². The van der Waals surface area contributed by atoms with Crippen LogP contribution in [0.15, 0.2) is 18.2 Å². The third-order valence-corrected chi connectivity index (χ3v) is 3.32. The molecule has 1 aliphatic rings. The lowest BCUT2D eigenvalue weighted by Crippen LogP contribution is -2.17. The minimum atomic E-state index is -0.298. The van der Waals surface area contributed by atoms with Crippen LogP contribution in [-0.4, -0.2) is 25.9 Å². The standard InChI is InChI=1S/C16H24FNO2/c1-2-3-9-19-10-11-20-16-13(5-4-6-15(16)17)12-18-14-7-8-14/h4-6,14,18H,2-3,7-12H2,1H3. The maximum absolute atomic E-state index is 13.8. The predicted molar refractivity (Wildman–Crippen MR) is 77.5 cm³/mol. The molecule has 1 fully saturated rings. The van der Waals surface area contributed by atoms with Crippen molar-refractivity contribution in [2.75, 3.05) is 19.8 Å². The van der Waals surface area contributed by atoms with Gasteiger partial charge in [-0.25, -0.2) is 4.39 Å². The van der Waals surface area contributed by atoms with Gasteiger partial charge in [0, 0.05) is 24.8 Å². The van der Waals surface area contributed by atoms with E-state index in [4.69, 9.17) is 9.47 Å². The quantitative estimate of drug-likeness (QED) is 0.668. The monoisotopic (exact) mass is 281 g/mol. The Hall–Kier alpha value is -1.13. The number of para-hydroxylation sites is 1. The molecule has 1 saturated carbocycles. The van der Waals surface area contributed by atoms with Gasteiger partial charge in [-0.15, -0.1) is 0 Å². The van der Waals surface area contributed by atoms with Crippen LogP contribution in [0.25, 0.3) is 0 Å². The third kappa shape index (κ3) is 5.10. The summed E-state index contributed by atoms with van der Waals surface area (Å²) in [5.74, 6) is 0.0633. The van der Waals surface area contributed by atoms with Gasteiger partial charge in [0.1, 0.15) is 6.61 Å². The summed E-state index contributed by atoms with van der Waals surface area (Å²) in [5, 5.41) is 3.38. The van der Waals surface area contributed by atoms with Crippen molar-refractivity contribution >= 4 is 0 Å². The Morgan fingerprint density at radius 2 is 2.10 bits per heavy atom. The molecule has 0 aliphatic heterocycles. The number of halogens is 1. The molecule has 0 bridgehead atoms. The van der Waals surface area contributed by atoms with Crippen molar-refractivity contribution in [1.29, 1.82) is 0 Å². The first-order chi connectivity index (χ1) is 9.81. The summed E-state index contributed by atoms with van der Waals surface area (Å²) < 4.78 is 24.8. The molecule has 1 aromatic carbocycles. The minimum absolute atomic E-state index is 0.298. The van der Waals surface area contributed by atoms with Crippen LogP contribution < -0.4 is 10.1 Å². The highest BCUT2D eigenvalue weighted by Crippen LogP contribution is 2.25. The van der Waals surface area contributed by atoms with Crippen molar-refractivity contribution in [2.24, 2.45) is 0 Å². The van der Waals surface area contributed by atoms with Crippen molar-refractivity contribution in [1.82, 2.24) is 5.32 Å². The molecule has 0 saturated heterocycles. The fourth-order valence-electron chi connectivity index (χ4n) is 1.95. The second-order valence-corrected chi connectivity index (χ2v) is 5.20. The van der Waals surface area contributed by atoms with Gasteiger partial charge in [0.25, 0.3) is 0 Å². The number of rotatable bonds is 10. The van der Waals surface area contributed by atoms with E-state index in [-0.39, 0.29) is 5.82 Å². The SMILES string of the molecule is CCCCOCCOc1c(F)cccc1CNC1CC1. The van der Waals surface area contributed by atoms with Crippen LogP contribution in [0.2, 0.25) is 0 Å². The van der Waals surface area contributed by atoms with Crippen molar-refractivity contribution in [3.63, 3.8) is 0 Å². The number of hydrogen-bond donors (Lipinski definition) is 1. The lowest BCUT2D eigenvalue weighted by Gasteiger charge is -2.13. The molecule has 0 spiro atoms. The molecule has 0 heterocycles. The summed E-state index contributed by atoms with van der Waals surface area (Å²) in [6.45, 7) is 4.42. The Labute approximate surface area is 120 Å². The Morgan fingerprint density at radius 1 is 1.25 bits per heavy atom. The molecule has 4 heteroatoms. The van der Waals surface area contributed by atoms with E-state index in [1.807, 2.05) is 6.07 Å². The van der Waals surface area contributed by atoms with Gasteiger partial charge in [-0.1, -0.05) is 25.5 Å². The van der Waals surface area contributed by atoms with E-state index < -0.39 is 0 Å². The maximum Gasteiger partial charge on any atom is 0.165 e. The number of unbranched alkanes of at least 4 members (excludes halogenated alkanes) is 1. The Bertz CT molecular complexity index is 407. The lowest BCUT2D eigenvalue weighted by molar-refractivity contribution is 0.0962. The normalized spacial score (nSPS) is 14.5. The molecule has 0 aromatic heterocycles. The number of hydrogen-bond acceptors (Lipinski definition) is 3. The molecule has 0 radical (unpaired) electrons. The molecule has 0 amide bonds. The second kappa shape index (κ2) is 8.22. The molecule has 112 valence electrons. The smallest absolute Gasteiger partial charge is 0.165 e. The molecule has 3 nitrogen and oxygen atoms in total. The predicted octanol–water partition coefficient (Wildman–Crippen LogP) is 3.27. The first kappa shape index (κ1) is 15.3. The van der Waals surface area contributed by atoms with Gasteiger partial charge in [-0.3, -0.25) is 0 Å². The number of benzene rings is 1. The second-order valence-electron chi connectivity index (χ2n) is 5.20. The molecule has 0 unspecified atom stereocenters. The first-order valence-corrected chi connectivity index (χ1v) is 7.52. The molecular formula is C16H24FNO2. The summed E-state index contributed by atoms with van der Waals surface area (Å²) >= 11 is 0. The van der Waals surface area contributed by atoms with E-state index in [0.717, 1.165) is 25.0 Å². The van der Waals surface area contributed by atoms with Crippen molar-refractivity contribution < 1.29 is 13.9 Å². The van der Waals surface area contributed by atoms with E-state index in [9.17, 15) is 4.39 Å². The van der Waals surface area contributed by atoms with E-state index in [0.29, 0.717) is 31.5 Å². The van der Waals surface area contributed by atoms with Gasteiger partial charge in [-0.05, 0) is 25.3 Å². The zero-order chi connectivity index (χ0) is 14.2. The Morgan fingerprint density at radius 3 is 2.85 bits per heavy atom. The fraction of sp³-hybridized carbons (Fsp3) is 0.625. The van der Waals surface area contributed by atoms with Crippen molar-refractivity contribution in [2.45, 2.75) is 45.2 Å². The Kier molecular flexibility index (Phi) is 6.27. The highest BCUT2D eigenvalue weighted by molar-refractivity contribution is 5.35. The van der Waals surface area contributed by atoms with Gasteiger partial charge in [-0.2, -0.15) is 0 Å². The van der Waals surface area contributed by atoms with Gasteiger partial charge in [0.15, 0.2) is 11.6 Å². The number of nitrogens with one attached hydrogen (secondary N) is 1. The average molecular weight is 281 g/mol. The van der Waals surface area contributed by atoms with Gasteiger partial charge in [0.05, 0.1) is 6.61 Å². The van der Waals surface area contributed by atoms with Crippen LogP contribution in [0.3, 0.4) is 0 Å². The molecule has 1 aromatic rings. The molecule has 1 aliphatic carbocycles. The van der Waals surface area contributed by atoms with Crippen LogP contribution in [0.4, 0.5) is 4.39 Å². The summed E-state index contributed by atoms with van der Waals surface area (Å²) in [7, 11) is 0. The van der Waals surface area contributed by atoms with Crippen molar-refractivity contribution in [3.05, 3.63) is 29.6 Å². The molecule has 0 atom stereocenters. The third-order valence-electron chi connectivity index (χ3n) is 3.32. The molecule has 1 N–H and O–H groups in total. The summed E-state index contributed by atoms with van der Waals surface area (Å²) in [6.07, 6.45) is 4.61. The zero-order valence-corrected chi connectivity index (χ0v) is 12.2. The summed E-state index contributed by atoms with van der Waals surface area (Å²) in [5.41, 5.74) is 0.880. The summed E-state index contributed by atoms with van der Waals surface area (Å²) in [6, 6.07) is 5.67. The van der Waals surface area contributed by atoms with E-state index in [1.54, 1.807) is 6.07 Å². The van der Waals surface area contributed by atoms with Crippen LogP contribution in [0.5, 0.6) is 5.75 Å². The van der Waals surface area contributed by atoms with E-state index in [1.165, 1.54) is 18.9 Å². The molecular weight excluding hydrogens is 257 g/mol. The van der Waals surface area contributed by atoms with Crippen LogP contribution >= 0.6 is 0 Å². The highest BCUT2D eigenvalue weighted by atomic mass is 19.1. The molecule has 20 heavy (non-hydrogen) atoms. The van der Waals surface area contributed by atoms with Gasteiger partial charge >= 0.3 is 0 Å². The zero-order valence-electron chi connectivity index (χ0n) is 12.2. The van der Waals surface area contributed by atoms with Crippen molar-refractivity contribution in [3.8, 4) is 5.75 Å².